The number of anilines is 1. The molecule has 2 aliphatic rings. The summed E-state index contributed by atoms with van der Waals surface area (Å²) in [7, 11) is 0. The van der Waals surface area contributed by atoms with Crippen LogP contribution < -0.4 is 15.0 Å². The van der Waals surface area contributed by atoms with Crippen LogP contribution >= 0.6 is 11.6 Å². The summed E-state index contributed by atoms with van der Waals surface area (Å²) in [6, 6.07) is 12.9. The Balaban J connectivity index is 1.21. The molecule has 1 heterocycles. The highest BCUT2D eigenvalue weighted by atomic mass is 35.5. The van der Waals surface area contributed by atoms with Gasteiger partial charge in [-0.1, -0.05) is 17.7 Å². The van der Waals surface area contributed by atoms with E-state index in [1.54, 1.807) is 23.1 Å². The monoisotopic (exact) mass is 538 g/mol. The lowest BCUT2D eigenvalue weighted by Crippen LogP contribution is -2.50. The van der Waals surface area contributed by atoms with Gasteiger partial charge in [-0.2, -0.15) is 0 Å². The van der Waals surface area contributed by atoms with Gasteiger partial charge in [-0.25, -0.2) is 9.64 Å². The van der Waals surface area contributed by atoms with E-state index in [0.717, 1.165) is 31.4 Å². The number of nitrogens with one attached hydrogen (secondary N) is 1. The summed E-state index contributed by atoms with van der Waals surface area (Å²) >= 11 is 6.11. The Kier molecular flexibility index (Phi) is 8.68. The third-order valence-corrected chi connectivity index (χ3v) is 7.08. The van der Waals surface area contributed by atoms with Gasteiger partial charge in [0.25, 0.3) is 5.91 Å². The molecule has 9 heteroatoms. The van der Waals surface area contributed by atoms with Crippen LogP contribution in [0.5, 0.6) is 5.75 Å². The highest BCUT2D eigenvalue weighted by Gasteiger charge is 2.27. The number of carbonyl (C=O) groups is 2. The fourth-order valence-electron chi connectivity index (χ4n) is 4.74. The van der Waals surface area contributed by atoms with E-state index in [9.17, 15) is 9.59 Å². The van der Waals surface area contributed by atoms with Crippen LogP contribution in [0.1, 0.15) is 56.8 Å². The number of amides is 2. The predicted molar refractivity (Wildman–Crippen MR) is 148 cm³/mol. The van der Waals surface area contributed by atoms with Crippen molar-refractivity contribution in [1.82, 2.24) is 10.2 Å². The molecule has 4 rings (SSSR count). The van der Waals surface area contributed by atoms with E-state index in [1.165, 1.54) is 0 Å². The molecule has 2 aromatic carbocycles. The van der Waals surface area contributed by atoms with Gasteiger partial charge >= 0.3 is 6.09 Å². The van der Waals surface area contributed by atoms with Gasteiger partial charge in [0.15, 0.2) is 0 Å². The number of nitrogens with zero attached hydrogens (tertiary/aromatic N) is 3. The first-order valence-corrected chi connectivity index (χ1v) is 13.5. The molecule has 0 aromatic heterocycles. The molecule has 0 radical (unpaired) electrons. The van der Waals surface area contributed by atoms with E-state index in [2.05, 4.69) is 15.1 Å². The lowest BCUT2D eigenvalue weighted by molar-refractivity contribution is 0.0240. The molecule has 0 spiro atoms. The zero-order valence-corrected chi connectivity index (χ0v) is 23.0. The minimum Gasteiger partial charge on any atom is -0.490 e. The highest BCUT2D eigenvalue weighted by molar-refractivity contribution is 6.33. The third kappa shape index (κ3) is 7.32. The van der Waals surface area contributed by atoms with Crippen LogP contribution in [0.4, 0.5) is 16.2 Å². The van der Waals surface area contributed by atoms with Gasteiger partial charge in [-0.15, -0.1) is 0 Å². The average Bonchev–Trinajstić information content (AvgIpc) is 2.89. The molecule has 1 saturated carbocycles. The second-order valence-electron chi connectivity index (χ2n) is 10.8. The molecule has 0 bridgehead atoms. The lowest BCUT2D eigenvalue weighted by atomic mass is 9.92. The number of benzene rings is 2. The summed E-state index contributed by atoms with van der Waals surface area (Å²) in [6.45, 7) is 15.3. The van der Waals surface area contributed by atoms with Gasteiger partial charge in [-0.3, -0.25) is 4.79 Å². The molecule has 1 N–H and O–H groups in total. The van der Waals surface area contributed by atoms with E-state index in [-0.39, 0.29) is 24.1 Å². The quantitative estimate of drug-likeness (QED) is 0.468. The Morgan fingerprint density at radius 2 is 1.66 bits per heavy atom. The molecular formula is C29H35ClN4O4. The van der Waals surface area contributed by atoms with Gasteiger partial charge in [0.2, 0.25) is 5.69 Å². The van der Waals surface area contributed by atoms with Gasteiger partial charge in [0, 0.05) is 43.5 Å². The largest absolute Gasteiger partial charge is 0.490 e. The van der Waals surface area contributed by atoms with Crippen LogP contribution in [0, 0.1) is 6.57 Å². The number of ether oxygens (including phenoxy) is 2. The second-order valence-corrected chi connectivity index (χ2v) is 11.2. The summed E-state index contributed by atoms with van der Waals surface area (Å²) in [5, 5.41) is 3.55. The normalized spacial score (nSPS) is 19.9. The fourth-order valence-corrected chi connectivity index (χ4v) is 4.95. The topological polar surface area (TPSA) is 75.5 Å². The van der Waals surface area contributed by atoms with Gasteiger partial charge in [0.1, 0.15) is 11.4 Å². The number of hydrogen-bond acceptors (Lipinski definition) is 5. The molecule has 0 atom stereocenters. The van der Waals surface area contributed by atoms with Crippen molar-refractivity contribution < 1.29 is 19.1 Å². The number of carbonyl (C=O) groups excluding carboxylic acids is 2. The number of hydrogen-bond donors (Lipinski definition) is 1. The average molecular weight is 539 g/mol. The molecule has 1 saturated heterocycles. The van der Waals surface area contributed by atoms with Crippen molar-refractivity contribution in [2.24, 2.45) is 0 Å². The first-order chi connectivity index (χ1) is 18.1. The SMILES string of the molecule is [C-]#[N+]c1ccc(OC2CCC(NC(=O)c3ccc(N4CCN(C(=O)OC(C)(C)C)CC4)cc3)CC2)cc1Cl. The molecule has 38 heavy (non-hydrogen) atoms. The minimum atomic E-state index is -0.501. The number of halogens is 1. The Labute approximate surface area is 229 Å². The van der Waals surface area contributed by atoms with Crippen molar-refractivity contribution in [2.75, 3.05) is 31.1 Å². The van der Waals surface area contributed by atoms with Crippen LogP contribution in [0.15, 0.2) is 42.5 Å². The van der Waals surface area contributed by atoms with E-state index < -0.39 is 5.60 Å². The van der Waals surface area contributed by atoms with E-state index in [0.29, 0.717) is 48.2 Å². The fraction of sp³-hybridized carbons (Fsp3) is 0.483. The summed E-state index contributed by atoms with van der Waals surface area (Å²) in [4.78, 5) is 32.5. The molecular weight excluding hydrogens is 504 g/mol. The maximum atomic E-state index is 12.8. The molecule has 2 amide bonds. The second kappa shape index (κ2) is 12.0. The zero-order valence-electron chi connectivity index (χ0n) is 22.2. The summed E-state index contributed by atoms with van der Waals surface area (Å²) in [5.41, 5.74) is 1.58. The van der Waals surface area contributed by atoms with Crippen molar-refractivity contribution in [3.05, 3.63) is 64.5 Å². The Bertz CT molecular complexity index is 1170. The Hall–Kier alpha value is -3.44. The molecule has 1 aliphatic carbocycles. The van der Waals surface area contributed by atoms with Crippen LogP contribution in [-0.2, 0) is 4.74 Å². The van der Waals surface area contributed by atoms with Crippen molar-refractivity contribution in [1.29, 1.82) is 0 Å². The summed E-state index contributed by atoms with van der Waals surface area (Å²) in [5.74, 6) is 0.596. The molecule has 8 nitrogen and oxygen atoms in total. The smallest absolute Gasteiger partial charge is 0.410 e. The lowest BCUT2D eigenvalue weighted by Gasteiger charge is -2.36. The Morgan fingerprint density at radius 1 is 1.00 bits per heavy atom. The molecule has 0 unspecified atom stereocenters. The first-order valence-electron chi connectivity index (χ1n) is 13.1. The van der Waals surface area contributed by atoms with Crippen LogP contribution in [0.3, 0.4) is 0 Å². The molecule has 202 valence electrons. The molecule has 1 aliphatic heterocycles. The van der Waals surface area contributed by atoms with E-state index in [1.807, 2.05) is 45.0 Å². The van der Waals surface area contributed by atoms with Crippen molar-refractivity contribution in [3.8, 4) is 5.75 Å². The standard InChI is InChI=1S/C29H35ClN4O4/c1-29(2,3)38-28(36)34-17-15-33(16-18-34)22-9-5-20(6-10-22)27(35)32-21-7-11-23(12-8-21)37-24-13-14-26(31-4)25(30)19-24/h5-6,9-10,13-14,19,21,23H,7-8,11-12,15-18H2,1-3H3,(H,32,35). The van der Waals surface area contributed by atoms with Crippen LogP contribution in [0.2, 0.25) is 5.02 Å². The first kappa shape index (κ1) is 27.6. The van der Waals surface area contributed by atoms with Crippen molar-refractivity contribution in [3.63, 3.8) is 0 Å². The van der Waals surface area contributed by atoms with E-state index in [4.69, 9.17) is 27.6 Å². The summed E-state index contributed by atoms with van der Waals surface area (Å²) < 4.78 is 11.5. The highest BCUT2D eigenvalue weighted by Crippen LogP contribution is 2.31. The molecule has 2 fully saturated rings. The van der Waals surface area contributed by atoms with Crippen LogP contribution in [-0.4, -0.2) is 60.8 Å². The maximum Gasteiger partial charge on any atom is 0.410 e. The van der Waals surface area contributed by atoms with Gasteiger partial charge in [0.05, 0.1) is 17.7 Å². The van der Waals surface area contributed by atoms with Gasteiger partial charge < -0.3 is 24.6 Å². The number of piperazine rings is 1. The summed E-state index contributed by atoms with van der Waals surface area (Å²) in [6.07, 6.45) is 3.13. The minimum absolute atomic E-state index is 0.0630. The van der Waals surface area contributed by atoms with Crippen LogP contribution in [0.25, 0.3) is 4.85 Å². The number of rotatable bonds is 5. The van der Waals surface area contributed by atoms with Crippen molar-refractivity contribution in [2.45, 2.75) is 64.2 Å². The predicted octanol–water partition coefficient (Wildman–Crippen LogP) is 6.07. The van der Waals surface area contributed by atoms with E-state index >= 15 is 0 Å². The molecule has 2 aromatic rings. The maximum absolute atomic E-state index is 12.8. The third-order valence-electron chi connectivity index (χ3n) is 6.78. The Morgan fingerprint density at radius 3 is 2.24 bits per heavy atom. The zero-order chi connectivity index (χ0) is 27.3. The van der Waals surface area contributed by atoms with Gasteiger partial charge in [-0.05, 0) is 82.9 Å². The van der Waals surface area contributed by atoms with Crippen molar-refractivity contribution >= 4 is 35.0 Å².